The standard InChI is InChI=1S/C23H14N2S2/c1-13-24-20-16-8-3-5-12-19(16)27-23(20)21(25-13)17-10-6-9-15-14-7-2-4-11-18(14)26-22(15)17/h2-12H,1H3. The Hall–Kier alpha value is -2.82. The fourth-order valence-corrected chi connectivity index (χ4v) is 6.18. The highest BCUT2D eigenvalue weighted by Crippen LogP contribution is 2.43. The zero-order valence-corrected chi connectivity index (χ0v) is 16.2. The third-order valence-electron chi connectivity index (χ3n) is 4.99. The van der Waals surface area contributed by atoms with Gasteiger partial charge in [0.15, 0.2) is 0 Å². The van der Waals surface area contributed by atoms with Gasteiger partial charge in [-0.1, -0.05) is 54.6 Å². The number of aryl methyl sites for hydroxylation is 1. The van der Waals surface area contributed by atoms with Crippen LogP contribution in [0.3, 0.4) is 0 Å². The van der Waals surface area contributed by atoms with Gasteiger partial charge in [0, 0.05) is 35.8 Å². The fourth-order valence-electron chi connectivity index (χ4n) is 3.82. The van der Waals surface area contributed by atoms with Gasteiger partial charge in [-0.25, -0.2) is 9.97 Å². The van der Waals surface area contributed by atoms with Crippen LogP contribution in [0.5, 0.6) is 0 Å². The van der Waals surface area contributed by atoms with Gasteiger partial charge < -0.3 is 0 Å². The molecule has 27 heavy (non-hydrogen) atoms. The molecule has 0 amide bonds. The number of thiophene rings is 2. The Balaban J connectivity index is 1.78. The minimum absolute atomic E-state index is 0.819. The molecule has 0 N–H and O–H groups in total. The van der Waals surface area contributed by atoms with E-state index in [-0.39, 0.29) is 0 Å². The fraction of sp³-hybridized carbons (Fsp3) is 0.0435. The Bertz CT molecular complexity index is 1490. The summed E-state index contributed by atoms with van der Waals surface area (Å²) in [5.74, 6) is 0.819. The number of benzene rings is 3. The summed E-state index contributed by atoms with van der Waals surface area (Å²) in [6.07, 6.45) is 0. The Kier molecular flexibility index (Phi) is 3.16. The van der Waals surface area contributed by atoms with E-state index in [1.165, 1.54) is 40.5 Å². The lowest BCUT2D eigenvalue weighted by Crippen LogP contribution is -1.92. The van der Waals surface area contributed by atoms with E-state index in [1.54, 1.807) is 11.3 Å². The van der Waals surface area contributed by atoms with Gasteiger partial charge in [-0.05, 0) is 19.1 Å². The largest absolute Gasteiger partial charge is 0.232 e. The summed E-state index contributed by atoms with van der Waals surface area (Å²) in [6.45, 7) is 1.99. The molecule has 4 heteroatoms. The lowest BCUT2D eigenvalue weighted by Gasteiger charge is -2.05. The van der Waals surface area contributed by atoms with Crippen molar-refractivity contribution in [1.29, 1.82) is 0 Å². The van der Waals surface area contributed by atoms with E-state index in [1.807, 2.05) is 18.3 Å². The smallest absolute Gasteiger partial charge is 0.126 e. The minimum Gasteiger partial charge on any atom is -0.232 e. The van der Waals surface area contributed by atoms with Gasteiger partial charge in [0.25, 0.3) is 0 Å². The number of aromatic nitrogens is 2. The average molecular weight is 383 g/mol. The molecular formula is C23H14N2S2. The van der Waals surface area contributed by atoms with Crippen LogP contribution in [0, 0.1) is 6.92 Å². The maximum Gasteiger partial charge on any atom is 0.126 e. The van der Waals surface area contributed by atoms with Crippen molar-refractivity contribution in [3.8, 4) is 11.3 Å². The second-order valence-electron chi connectivity index (χ2n) is 6.68. The van der Waals surface area contributed by atoms with Crippen LogP contribution in [-0.4, -0.2) is 9.97 Å². The molecule has 3 heterocycles. The molecule has 6 aromatic rings. The molecule has 0 bridgehead atoms. The summed E-state index contributed by atoms with van der Waals surface area (Å²) in [6, 6.07) is 23.7. The molecule has 2 nitrogen and oxygen atoms in total. The van der Waals surface area contributed by atoms with Crippen molar-refractivity contribution in [3.63, 3.8) is 0 Å². The van der Waals surface area contributed by atoms with Gasteiger partial charge in [0.2, 0.25) is 0 Å². The molecule has 0 spiro atoms. The summed E-state index contributed by atoms with van der Waals surface area (Å²) < 4.78 is 5.05. The summed E-state index contributed by atoms with van der Waals surface area (Å²) in [7, 11) is 0. The van der Waals surface area contributed by atoms with E-state index >= 15 is 0 Å². The van der Waals surface area contributed by atoms with Crippen molar-refractivity contribution in [2.75, 3.05) is 0 Å². The maximum atomic E-state index is 4.89. The van der Waals surface area contributed by atoms with E-state index in [9.17, 15) is 0 Å². The number of nitrogens with zero attached hydrogens (tertiary/aromatic N) is 2. The zero-order valence-electron chi connectivity index (χ0n) is 14.6. The zero-order chi connectivity index (χ0) is 18.0. The average Bonchev–Trinajstić information content (AvgIpc) is 3.26. The van der Waals surface area contributed by atoms with Crippen molar-refractivity contribution in [2.24, 2.45) is 0 Å². The van der Waals surface area contributed by atoms with Crippen molar-refractivity contribution in [1.82, 2.24) is 9.97 Å². The van der Waals surface area contributed by atoms with E-state index in [0.717, 1.165) is 17.0 Å². The minimum atomic E-state index is 0.819. The van der Waals surface area contributed by atoms with Crippen molar-refractivity contribution in [3.05, 3.63) is 72.6 Å². The van der Waals surface area contributed by atoms with Crippen LogP contribution in [0.2, 0.25) is 0 Å². The highest BCUT2D eigenvalue weighted by Gasteiger charge is 2.17. The number of hydrogen-bond acceptors (Lipinski definition) is 4. The second kappa shape index (κ2) is 5.59. The first kappa shape index (κ1) is 15.3. The first-order valence-electron chi connectivity index (χ1n) is 8.86. The number of fused-ring (bicyclic) bond motifs is 6. The molecule has 0 aliphatic rings. The van der Waals surface area contributed by atoms with Crippen LogP contribution in [0.1, 0.15) is 5.82 Å². The van der Waals surface area contributed by atoms with Gasteiger partial charge in [-0.15, -0.1) is 22.7 Å². The molecule has 0 aliphatic heterocycles. The molecule has 0 saturated heterocycles. The Morgan fingerprint density at radius 1 is 0.630 bits per heavy atom. The lowest BCUT2D eigenvalue weighted by molar-refractivity contribution is 1.10. The second-order valence-corrected chi connectivity index (χ2v) is 8.78. The Morgan fingerprint density at radius 2 is 1.30 bits per heavy atom. The summed E-state index contributed by atoms with van der Waals surface area (Å²) >= 11 is 3.64. The molecule has 0 fully saturated rings. The van der Waals surface area contributed by atoms with E-state index in [4.69, 9.17) is 9.97 Å². The molecule has 0 aliphatic carbocycles. The van der Waals surface area contributed by atoms with Crippen LogP contribution >= 0.6 is 22.7 Å². The molecule has 6 rings (SSSR count). The van der Waals surface area contributed by atoms with Crippen molar-refractivity contribution < 1.29 is 0 Å². The van der Waals surface area contributed by atoms with Crippen molar-refractivity contribution >= 4 is 63.1 Å². The molecule has 0 saturated carbocycles. The molecule has 0 radical (unpaired) electrons. The Morgan fingerprint density at radius 3 is 2.15 bits per heavy atom. The van der Waals surface area contributed by atoms with E-state index < -0.39 is 0 Å². The number of rotatable bonds is 1. The molecular weight excluding hydrogens is 368 g/mol. The molecule has 128 valence electrons. The van der Waals surface area contributed by atoms with Gasteiger partial charge >= 0.3 is 0 Å². The SMILES string of the molecule is Cc1nc(-c2cccc3c2sc2ccccc23)c2sc3ccccc3c2n1. The normalized spacial score (nSPS) is 11.9. The third-order valence-corrected chi connectivity index (χ3v) is 7.38. The lowest BCUT2D eigenvalue weighted by atomic mass is 10.1. The quantitative estimate of drug-likeness (QED) is 0.301. The molecule has 3 aromatic heterocycles. The topological polar surface area (TPSA) is 25.8 Å². The first-order chi connectivity index (χ1) is 13.3. The van der Waals surface area contributed by atoms with Crippen molar-refractivity contribution in [2.45, 2.75) is 6.92 Å². The van der Waals surface area contributed by atoms with Crippen LogP contribution in [0.15, 0.2) is 66.7 Å². The number of hydrogen-bond donors (Lipinski definition) is 0. The highest BCUT2D eigenvalue weighted by molar-refractivity contribution is 7.27. The van der Waals surface area contributed by atoms with Crippen LogP contribution in [0.4, 0.5) is 0 Å². The maximum absolute atomic E-state index is 4.89. The van der Waals surface area contributed by atoms with E-state index in [2.05, 4.69) is 66.7 Å². The molecule has 3 aromatic carbocycles. The van der Waals surface area contributed by atoms with Crippen LogP contribution < -0.4 is 0 Å². The predicted molar refractivity (Wildman–Crippen MR) is 118 cm³/mol. The van der Waals surface area contributed by atoms with E-state index in [0.29, 0.717) is 0 Å². The van der Waals surface area contributed by atoms with Crippen LogP contribution in [0.25, 0.3) is 51.7 Å². The van der Waals surface area contributed by atoms with Gasteiger partial charge in [0.05, 0.1) is 15.9 Å². The summed E-state index contributed by atoms with van der Waals surface area (Å²) in [5.41, 5.74) is 3.32. The van der Waals surface area contributed by atoms with Crippen LogP contribution in [-0.2, 0) is 0 Å². The van der Waals surface area contributed by atoms with Gasteiger partial charge in [-0.3, -0.25) is 0 Å². The molecule has 0 unspecified atom stereocenters. The summed E-state index contributed by atoms with van der Waals surface area (Å²) in [4.78, 5) is 9.67. The van der Waals surface area contributed by atoms with Gasteiger partial charge in [-0.2, -0.15) is 0 Å². The molecule has 0 atom stereocenters. The Labute approximate surface area is 163 Å². The summed E-state index contributed by atoms with van der Waals surface area (Å²) in [5, 5.41) is 3.84. The first-order valence-corrected chi connectivity index (χ1v) is 10.5. The third kappa shape index (κ3) is 2.17. The highest BCUT2D eigenvalue weighted by atomic mass is 32.1. The predicted octanol–water partition coefficient (Wildman–Crippen LogP) is 7.19. The monoisotopic (exact) mass is 382 g/mol. The van der Waals surface area contributed by atoms with Gasteiger partial charge in [0.1, 0.15) is 5.82 Å².